The highest BCUT2D eigenvalue weighted by atomic mass is 16.7. The largest absolute Gasteiger partial charge is 0.458 e. The third-order valence-corrected chi connectivity index (χ3v) is 7.50. The summed E-state index contributed by atoms with van der Waals surface area (Å²) in [6.45, 7) is 6.97. The molecule has 4 aliphatic rings. The van der Waals surface area contributed by atoms with E-state index in [1.807, 2.05) is 6.92 Å². The Morgan fingerprint density at radius 2 is 1.90 bits per heavy atom. The van der Waals surface area contributed by atoms with Crippen molar-refractivity contribution in [3.05, 3.63) is 23.3 Å². The second-order valence-electron chi connectivity index (χ2n) is 9.39. The van der Waals surface area contributed by atoms with Crippen molar-refractivity contribution in [3.8, 4) is 11.5 Å². The van der Waals surface area contributed by atoms with E-state index in [-0.39, 0.29) is 24.6 Å². The van der Waals surface area contributed by atoms with Gasteiger partial charge in [-0.05, 0) is 31.0 Å². The summed E-state index contributed by atoms with van der Waals surface area (Å²) in [5.74, 6) is 1.13. The standard InChI is InChI=1S/C22H28NO6/c1-12(24)28-19-8-14-5-6-23(4)10-15-7-17-18(27-11-26-17)9-16(15)20(21(14)23)22(19,3)29-13(2)25/h7,9,14,19-21H,5-6,8,10-11H2,1-4H3/q+1/t14-,19+,20+,21-,22+,23-/m1/s1. The fourth-order valence-electron chi connectivity index (χ4n) is 6.52. The summed E-state index contributed by atoms with van der Waals surface area (Å²) in [6.07, 6.45) is 1.32. The molecule has 0 aromatic heterocycles. The SMILES string of the molecule is CC(=O)O[C@H]1C[C@H]2CC[N@+]3(C)Cc4cc5c(cc4[C@@H]([C@@H]23)[C@@]1(C)OC(C)=O)OCO5. The van der Waals surface area contributed by atoms with Gasteiger partial charge in [0.15, 0.2) is 17.1 Å². The summed E-state index contributed by atoms with van der Waals surface area (Å²) < 4.78 is 24.0. The summed E-state index contributed by atoms with van der Waals surface area (Å²) in [4.78, 5) is 24.1. The highest BCUT2D eigenvalue weighted by Gasteiger charge is 2.66. The molecule has 0 amide bonds. The summed E-state index contributed by atoms with van der Waals surface area (Å²) in [5, 5.41) is 0. The van der Waals surface area contributed by atoms with Crippen LogP contribution in [0.15, 0.2) is 12.1 Å². The third kappa shape index (κ3) is 2.66. The van der Waals surface area contributed by atoms with E-state index in [9.17, 15) is 9.59 Å². The molecule has 3 heterocycles. The summed E-state index contributed by atoms with van der Waals surface area (Å²) in [7, 11) is 2.30. The van der Waals surface area contributed by atoms with Gasteiger partial charge in [-0.3, -0.25) is 9.59 Å². The number of carbonyl (C=O) groups excluding carboxylic acids is 2. The topological polar surface area (TPSA) is 71.1 Å². The average molecular weight is 402 g/mol. The highest BCUT2D eigenvalue weighted by molar-refractivity contribution is 5.68. The van der Waals surface area contributed by atoms with Crippen molar-refractivity contribution in [1.82, 2.24) is 0 Å². The van der Waals surface area contributed by atoms with Gasteiger partial charge in [-0.2, -0.15) is 0 Å². The van der Waals surface area contributed by atoms with Gasteiger partial charge in [0, 0.05) is 31.7 Å². The van der Waals surface area contributed by atoms with Crippen LogP contribution in [0.4, 0.5) is 0 Å². The molecule has 2 fully saturated rings. The Morgan fingerprint density at radius 3 is 2.59 bits per heavy atom. The zero-order valence-corrected chi connectivity index (χ0v) is 17.4. The fourth-order valence-corrected chi connectivity index (χ4v) is 6.52. The Labute approximate surface area is 170 Å². The van der Waals surface area contributed by atoms with Gasteiger partial charge in [0.25, 0.3) is 0 Å². The number of benzene rings is 1. The van der Waals surface area contributed by atoms with E-state index < -0.39 is 11.7 Å². The van der Waals surface area contributed by atoms with Crippen molar-refractivity contribution in [3.63, 3.8) is 0 Å². The van der Waals surface area contributed by atoms with Crippen LogP contribution in [-0.2, 0) is 25.6 Å². The summed E-state index contributed by atoms with van der Waals surface area (Å²) >= 11 is 0. The second kappa shape index (κ2) is 6.11. The maximum Gasteiger partial charge on any atom is 0.303 e. The molecular weight excluding hydrogens is 374 g/mol. The number of carbonyl (C=O) groups is 2. The molecule has 29 heavy (non-hydrogen) atoms. The molecule has 0 bridgehead atoms. The van der Waals surface area contributed by atoms with Crippen LogP contribution in [0.2, 0.25) is 0 Å². The molecule has 7 nitrogen and oxygen atoms in total. The van der Waals surface area contributed by atoms with Gasteiger partial charge in [-0.15, -0.1) is 0 Å². The molecule has 7 heteroatoms. The van der Waals surface area contributed by atoms with Crippen molar-refractivity contribution in [1.29, 1.82) is 0 Å². The minimum atomic E-state index is -0.939. The molecule has 3 aliphatic heterocycles. The highest BCUT2D eigenvalue weighted by Crippen LogP contribution is 2.58. The lowest BCUT2D eigenvalue weighted by molar-refractivity contribution is -0.941. The first-order chi connectivity index (χ1) is 13.7. The lowest BCUT2D eigenvalue weighted by Gasteiger charge is -2.56. The minimum absolute atomic E-state index is 0.0831. The normalized spacial score (nSPS) is 38.8. The Morgan fingerprint density at radius 1 is 1.17 bits per heavy atom. The minimum Gasteiger partial charge on any atom is -0.458 e. The fraction of sp³-hybridized carbons (Fsp3) is 0.636. The third-order valence-electron chi connectivity index (χ3n) is 7.50. The van der Waals surface area contributed by atoms with E-state index in [0.717, 1.165) is 47.5 Å². The maximum atomic E-state index is 12.2. The lowest BCUT2D eigenvalue weighted by Crippen LogP contribution is -2.66. The number of likely N-dealkylation sites (N-methyl/N-ethyl adjacent to an activating group) is 1. The van der Waals surface area contributed by atoms with E-state index in [1.54, 1.807) is 0 Å². The first-order valence-electron chi connectivity index (χ1n) is 10.3. The molecule has 0 radical (unpaired) electrons. The monoisotopic (exact) mass is 402 g/mol. The van der Waals surface area contributed by atoms with Crippen LogP contribution in [0.5, 0.6) is 11.5 Å². The number of ether oxygens (including phenoxy) is 4. The Hall–Kier alpha value is -2.28. The molecule has 1 aliphatic carbocycles. The Bertz CT molecular complexity index is 900. The molecule has 0 N–H and O–H groups in total. The van der Waals surface area contributed by atoms with E-state index in [0.29, 0.717) is 12.0 Å². The number of hydrogen-bond acceptors (Lipinski definition) is 6. The van der Waals surface area contributed by atoms with Crippen LogP contribution in [0.3, 0.4) is 0 Å². The van der Waals surface area contributed by atoms with Gasteiger partial charge in [0.1, 0.15) is 18.7 Å². The van der Waals surface area contributed by atoms with E-state index in [1.165, 1.54) is 19.4 Å². The van der Waals surface area contributed by atoms with E-state index in [4.69, 9.17) is 18.9 Å². The number of hydrogen-bond donors (Lipinski definition) is 0. The number of esters is 2. The molecule has 6 atom stereocenters. The molecule has 1 saturated carbocycles. The Balaban J connectivity index is 1.70. The van der Waals surface area contributed by atoms with E-state index in [2.05, 4.69) is 19.2 Å². The summed E-state index contributed by atoms with van der Waals surface area (Å²) in [5.41, 5.74) is 1.38. The van der Waals surface area contributed by atoms with Crippen molar-refractivity contribution in [2.24, 2.45) is 5.92 Å². The summed E-state index contributed by atoms with van der Waals surface area (Å²) in [6, 6.07) is 4.44. The molecule has 0 spiro atoms. The zero-order valence-electron chi connectivity index (χ0n) is 17.4. The number of quaternary nitrogens is 1. The smallest absolute Gasteiger partial charge is 0.303 e. The molecular formula is C22H28NO6+. The predicted molar refractivity (Wildman–Crippen MR) is 102 cm³/mol. The lowest BCUT2D eigenvalue weighted by atomic mass is 9.61. The predicted octanol–water partition coefficient (Wildman–Crippen LogP) is 2.50. The molecule has 1 aromatic rings. The van der Waals surface area contributed by atoms with Crippen molar-refractivity contribution in [2.75, 3.05) is 20.4 Å². The first kappa shape index (κ1) is 18.7. The van der Waals surface area contributed by atoms with Gasteiger partial charge in [-0.25, -0.2) is 0 Å². The van der Waals surface area contributed by atoms with Gasteiger partial charge in [0.05, 0.1) is 19.5 Å². The molecule has 0 unspecified atom stereocenters. The maximum absolute atomic E-state index is 12.2. The average Bonchev–Trinajstić information content (AvgIpc) is 3.19. The van der Waals surface area contributed by atoms with Gasteiger partial charge < -0.3 is 23.4 Å². The molecule has 1 aromatic carbocycles. The number of nitrogens with zero attached hydrogens (tertiary/aromatic N) is 1. The first-order valence-corrected chi connectivity index (χ1v) is 10.3. The number of rotatable bonds is 2. The molecule has 156 valence electrons. The van der Waals surface area contributed by atoms with Crippen molar-refractivity contribution >= 4 is 11.9 Å². The van der Waals surface area contributed by atoms with Gasteiger partial charge in [-0.1, -0.05) is 0 Å². The molecule has 5 rings (SSSR count). The van der Waals surface area contributed by atoms with Crippen LogP contribution < -0.4 is 9.47 Å². The van der Waals surface area contributed by atoms with Crippen LogP contribution in [-0.4, -0.2) is 54.6 Å². The van der Waals surface area contributed by atoms with Gasteiger partial charge >= 0.3 is 11.9 Å². The second-order valence-corrected chi connectivity index (χ2v) is 9.39. The number of fused-ring (bicyclic) bond motifs is 3. The van der Waals surface area contributed by atoms with Crippen molar-refractivity contribution < 1.29 is 33.0 Å². The van der Waals surface area contributed by atoms with Gasteiger partial charge in [0.2, 0.25) is 6.79 Å². The van der Waals surface area contributed by atoms with Crippen LogP contribution >= 0.6 is 0 Å². The van der Waals surface area contributed by atoms with Crippen LogP contribution in [0, 0.1) is 5.92 Å². The van der Waals surface area contributed by atoms with Crippen LogP contribution in [0.25, 0.3) is 0 Å². The molecule has 1 saturated heterocycles. The quantitative estimate of drug-likeness (QED) is 0.559. The van der Waals surface area contributed by atoms with E-state index >= 15 is 0 Å². The van der Waals surface area contributed by atoms with Crippen LogP contribution in [0.1, 0.15) is 50.7 Å². The zero-order chi connectivity index (χ0) is 20.6. The Kier molecular flexibility index (Phi) is 3.95. The van der Waals surface area contributed by atoms with Crippen molar-refractivity contribution in [2.45, 2.75) is 63.8 Å².